The number of carbonyl (C=O) groups excluding carboxylic acids is 1. The summed E-state index contributed by atoms with van der Waals surface area (Å²) in [6, 6.07) is 8.86. The Morgan fingerprint density at radius 1 is 1.24 bits per heavy atom. The average Bonchev–Trinajstić information content (AvgIpc) is 3.28. The van der Waals surface area contributed by atoms with E-state index in [0.717, 1.165) is 25.3 Å². The molecule has 0 saturated carbocycles. The number of fused-ring (bicyclic) bond motifs is 2. The molecule has 2 saturated heterocycles. The van der Waals surface area contributed by atoms with Crippen LogP contribution in [0.15, 0.2) is 36.7 Å². The van der Waals surface area contributed by atoms with Gasteiger partial charge in [0.05, 0.1) is 18.7 Å². The zero-order chi connectivity index (χ0) is 17.4. The van der Waals surface area contributed by atoms with Crippen molar-refractivity contribution in [1.29, 1.82) is 0 Å². The number of anilines is 2. The molecule has 0 unspecified atom stereocenters. The minimum atomic E-state index is -0.612. The summed E-state index contributed by atoms with van der Waals surface area (Å²) in [5.41, 5.74) is 2.98. The molecule has 1 aromatic carbocycles. The number of hydroxylamine groups is 1. The second-order valence-corrected chi connectivity index (χ2v) is 6.26. The van der Waals surface area contributed by atoms with Gasteiger partial charge in [-0.2, -0.15) is 0 Å². The highest BCUT2D eigenvalue weighted by Crippen LogP contribution is 2.37. The number of hydrogen-bond donors (Lipinski definition) is 2. The van der Waals surface area contributed by atoms with E-state index in [-0.39, 0.29) is 5.56 Å². The monoisotopic (exact) mass is 341 g/mol. The van der Waals surface area contributed by atoms with Gasteiger partial charge in [0.25, 0.3) is 5.91 Å². The van der Waals surface area contributed by atoms with E-state index in [9.17, 15) is 4.79 Å². The highest BCUT2D eigenvalue weighted by atomic mass is 16.5. The van der Waals surface area contributed by atoms with Crippen molar-refractivity contribution in [3.05, 3.63) is 42.2 Å². The highest BCUT2D eigenvalue weighted by Gasteiger charge is 2.44. The van der Waals surface area contributed by atoms with E-state index in [1.165, 1.54) is 18.1 Å². The molecule has 0 spiro atoms. The van der Waals surface area contributed by atoms with E-state index in [4.69, 9.17) is 9.94 Å². The van der Waals surface area contributed by atoms with E-state index < -0.39 is 5.91 Å². The maximum atomic E-state index is 11.4. The smallest absolute Gasteiger partial charge is 0.277 e. The third-order valence-electron chi connectivity index (χ3n) is 4.88. The molecule has 2 bridgehead atoms. The van der Waals surface area contributed by atoms with Gasteiger partial charge in [0.1, 0.15) is 5.75 Å². The van der Waals surface area contributed by atoms with Crippen LogP contribution in [0, 0.1) is 0 Å². The van der Waals surface area contributed by atoms with E-state index >= 15 is 0 Å². The van der Waals surface area contributed by atoms with E-state index in [1.807, 2.05) is 12.1 Å². The number of nitrogens with one attached hydrogen (secondary N) is 1. The third-order valence-corrected chi connectivity index (χ3v) is 4.88. The van der Waals surface area contributed by atoms with Crippen molar-refractivity contribution in [2.45, 2.75) is 18.5 Å². The molecule has 4 rings (SSSR count). The fourth-order valence-electron chi connectivity index (χ4n) is 3.67. The molecule has 2 N–H and O–H groups in total. The first-order valence-corrected chi connectivity index (χ1v) is 8.13. The highest BCUT2D eigenvalue weighted by molar-refractivity contribution is 5.92. The molecule has 130 valence electrons. The molecule has 25 heavy (non-hydrogen) atoms. The van der Waals surface area contributed by atoms with Crippen LogP contribution < -0.4 is 20.0 Å². The number of hydrogen-bond acceptors (Lipinski definition) is 7. The summed E-state index contributed by atoms with van der Waals surface area (Å²) in [5, 5.41) is 8.65. The lowest BCUT2D eigenvalue weighted by Crippen LogP contribution is -2.47. The van der Waals surface area contributed by atoms with Crippen LogP contribution in [0.5, 0.6) is 5.75 Å². The van der Waals surface area contributed by atoms with Crippen molar-refractivity contribution in [3.8, 4) is 5.75 Å². The van der Waals surface area contributed by atoms with E-state index in [0.29, 0.717) is 18.0 Å². The van der Waals surface area contributed by atoms with Crippen LogP contribution in [0.1, 0.15) is 16.8 Å². The topological polar surface area (TPSA) is 90.8 Å². The number of amides is 1. The van der Waals surface area contributed by atoms with Crippen LogP contribution >= 0.6 is 0 Å². The summed E-state index contributed by atoms with van der Waals surface area (Å²) < 4.78 is 5.32. The van der Waals surface area contributed by atoms with Crippen molar-refractivity contribution < 1.29 is 14.7 Å². The van der Waals surface area contributed by atoms with Crippen molar-refractivity contribution in [2.24, 2.45) is 0 Å². The maximum Gasteiger partial charge on any atom is 0.277 e. The molecule has 1 aromatic heterocycles. The second kappa shape index (κ2) is 6.21. The van der Waals surface area contributed by atoms with Crippen LogP contribution in [0.25, 0.3) is 0 Å². The van der Waals surface area contributed by atoms with Crippen molar-refractivity contribution >= 4 is 17.5 Å². The molecule has 2 aliphatic heterocycles. The summed E-state index contributed by atoms with van der Waals surface area (Å²) in [5.74, 6) is 0.865. The van der Waals surface area contributed by atoms with Crippen molar-refractivity contribution in [3.63, 3.8) is 0 Å². The van der Waals surface area contributed by atoms with Gasteiger partial charge < -0.3 is 14.5 Å². The summed E-state index contributed by atoms with van der Waals surface area (Å²) in [7, 11) is 1.68. The first-order valence-electron chi connectivity index (χ1n) is 8.13. The Labute approximate surface area is 145 Å². The number of aromatic nitrogens is 2. The molecule has 2 atom stereocenters. The Balaban J connectivity index is 1.48. The zero-order valence-corrected chi connectivity index (χ0v) is 13.8. The Kier molecular flexibility index (Phi) is 3.89. The van der Waals surface area contributed by atoms with Gasteiger partial charge >= 0.3 is 0 Å². The number of piperazine rings is 1. The molecule has 0 radical (unpaired) electrons. The van der Waals surface area contributed by atoms with Gasteiger partial charge in [-0.05, 0) is 18.6 Å². The van der Waals surface area contributed by atoms with Gasteiger partial charge in [-0.3, -0.25) is 10.0 Å². The number of methoxy groups -OCH3 is 1. The molecule has 2 aliphatic rings. The molecule has 0 aliphatic carbocycles. The lowest BCUT2D eigenvalue weighted by molar-refractivity contribution is 0.0705. The standard InChI is InChI=1S/C17H19N5O3/c1-25-15-4-2-3-12(6-15)21-9-14-5-13(21)10-22(14)17-18-7-11(8-19-17)16(23)20-24/h2-4,6-8,13-14,24H,5,9-10H2,1H3,(H,20,23)/t13-,14+/m1/s1. The lowest BCUT2D eigenvalue weighted by atomic mass is 10.2. The average molecular weight is 341 g/mol. The van der Waals surface area contributed by atoms with Gasteiger partial charge in [0, 0.05) is 43.3 Å². The fourth-order valence-corrected chi connectivity index (χ4v) is 3.67. The predicted octanol–water partition coefficient (Wildman–Crippen LogP) is 1.07. The summed E-state index contributed by atoms with van der Waals surface area (Å²) in [4.78, 5) is 24.5. The SMILES string of the molecule is COc1cccc(N2C[C@@H]3C[C@@H]2CN3c2ncc(C(=O)NO)cn2)c1. The largest absolute Gasteiger partial charge is 0.497 e. The van der Waals surface area contributed by atoms with Crippen LogP contribution in [-0.4, -0.2) is 53.4 Å². The van der Waals surface area contributed by atoms with Gasteiger partial charge in [0.2, 0.25) is 5.95 Å². The summed E-state index contributed by atoms with van der Waals surface area (Å²) in [6.07, 6.45) is 3.92. The van der Waals surface area contributed by atoms with Gasteiger partial charge in [0.15, 0.2) is 0 Å². The molecular formula is C17H19N5O3. The van der Waals surface area contributed by atoms with Crippen molar-refractivity contribution in [1.82, 2.24) is 15.4 Å². The Hall–Kier alpha value is -2.87. The third kappa shape index (κ3) is 2.74. The van der Waals surface area contributed by atoms with Crippen molar-refractivity contribution in [2.75, 3.05) is 30.0 Å². The minimum Gasteiger partial charge on any atom is -0.497 e. The molecule has 8 heteroatoms. The van der Waals surface area contributed by atoms with Gasteiger partial charge in [-0.1, -0.05) is 6.07 Å². The summed E-state index contributed by atoms with van der Waals surface area (Å²) in [6.45, 7) is 1.74. The number of rotatable bonds is 4. The number of benzene rings is 1. The molecule has 2 aromatic rings. The van der Waals surface area contributed by atoms with E-state index in [1.54, 1.807) is 12.6 Å². The van der Waals surface area contributed by atoms with E-state index in [2.05, 4.69) is 31.9 Å². The lowest BCUT2D eigenvalue weighted by Gasteiger charge is -2.35. The van der Waals surface area contributed by atoms with Crippen LogP contribution in [-0.2, 0) is 0 Å². The molecular weight excluding hydrogens is 322 g/mol. The minimum absolute atomic E-state index is 0.230. The number of carbonyl (C=O) groups is 1. The van der Waals surface area contributed by atoms with Crippen LogP contribution in [0.4, 0.5) is 11.6 Å². The fraction of sp³-hybridized carbons (Fsp3) is 0.353. The maximum absolute atomic E-state index is 11.4. The first-order chi connectivity index (χ1) is 12.2. The Bertz CT molecular complexity index is 782. The van der Waals surface area contributed by atoms with Crippen LogP contribution in [0.3, 0.4) is 0 Å². The van der Waals surface area contributed by atoms with Gasteiger partial charge in [-0.15, -0.1) is 0 Å². The molecule has 1 amide bonds. The van der Waals surface area contributed by atoms with Gasteiger partial charge in [-0.25, -0.2) is 15.4 Å². The number of ether oxygens (including phenoxy) is 1. The summed E-state index contributed by atoms with van der Waals surface area (Å²) >= 11 is 0. The molecule has 3 heterocycles. The normalized spacial score (nSPS) is 21.5. The second-order valence-electron chi connectivity index (χ2n) is 6.26. The predicted molar refractivity (Wildman–Crippen MR) is 91.2 cm³/mol. The van der Waals surface area contributed by atoms with Crippen LogP contribution in [0.2, 0.25) is 0 Å². The zero-order valence-electron chi connectivity index (χ0n) is 13.8. The number of nitrogens with zero attached hydrogens (tertiary/aromatic N) is 4. The molecule has 2 fully saturated rings. The molecule has 8 nitrogen and oxygen atoms in total. The first kappa shape index (κ1) is 15.6. The Morgan fingerprint density at radius 3 is 2.60 bits per heavy atom. The Morgan fingerprint density at radius 2 is 1.96 bits per heavy atom. The quantitative estimate of drug-likeness (QED) is 0.635.